The average molecular weight is 306 g/mol. The first-order valence-corrected chi connectivity index (χ1v) is 7.30. The lowest BCUT2D eigenvalue weighted by molar-refractivity contribution is 0.601. The number of nitriles is 1. The lowest BCUT2D eigenvalue weighted by atomic mass is 10.2. The number of hydrogen-bond donors (Lipinski definition) is 2. The van der Waals surface area contributed by atoms with Gasteiger partial charge in [-0.1, -0.05) is 0 Å². The zero-order valence-electron chi connectivity index (χ0n) is 11.0. The van der Waals surface area contributed by atoms with Crippen molar-refractivity contribution in [2.24, 2.45) is 0 Å². The van der Waals surface area contributed by atoms with Gasteiger partial charge in [0.15, 0.2) is 0 Å². The third-order valence-corrected chi connectivity index (χ3v) is 4.08. The smallest absolute Gasteiger partial charge is 0.265 e. The predicted molar refractivity (Wildman–Crippen MR) is 75.7 cm³/mol. The van der Waals surface area contributed by atoms with Crippen LogP contribution in [-0.2, 0) is 10.0 Å². The van der Waals surface area contributed by atoms with Gasteiger partial charge in [0.1, 0.15) is 16.8 Å². The van der Waals surface area contributed by atoms with Gasteiger partial charge in [0.05, 0.1) is 16.9 Å². The molecule has 0 atom stereocenters. The zero-order valence-corrected chi connectivity index (χ0v) is 11.8. The number of pyridine rings is 1. The summed E-state index contributed by atoms with van der Waals surface area (Å²) in [4.78, 5) is 3.70. The Kier molecular flexibility index (Phi) is 4.05. The van der Waals surface area contributed by atoms with E-state index in [1.54, 1.807) is 13.1 Å². The van der Waals surface area contributed by atoms with Crippen molar-refractivity contribution in [3.8, 4) is 6.07 Å². The van der Waals surface area contributed by atoms with Crippen molar-refractivity contribution in [3.05, 3.63) is 48.0 Å². The van der Waals surface area contributed by atoms with E-state index >= 15 is 0 Å². The van der Waals surface area contributed by atoms with Crippen molar-refractivity contribution in [2.75, 3.05) is 17.1 Å². The molecule has 2 N–H and O–H groups in total. The van der Waals surface area contributed by atoms with Crippen molar-refractivity contribution >= 4 is 21.4 Å². The summed E-state index contributed by atoms with van der Waals surface area (Å²) in [5.74, 6) is -0.619. The number of hydrogen-bond acceptors (Lipinski definition) is 5. The van der Waals surface area contributed by atoms with Crippen LogP contribution in [0.1, 0.15) is 5.56 Å². The van der Waals surface area contributed by atoms with E-state index in [-0.39, 0.29) is 16.1 Å². The molecule has 2 aromatic rings. The van der Waals surface area contributed by atoms with Crippen molar-refractivity contribution in [1.29, 1.82) is 5.26 Å². The van der Waals surface area contributed by atoms with Crippen LogP contribution in [-0.4, -0.2) is 20.4 Å². The van der Waals surface area contributed by atoms with Crippen LogP contribution in [0, 0.1) is 17.1 Å². The summed E-state index contributed by atoms with van der Waals surface area (Å²) in [5, 5.41) is 11.7. The van der Waals surface area contributed by atoms with Gasteiger partial charge in [-0.15, -0.1) is 0 Å². The maximum atomic E-state index is 13.1. The van der Waals surface area contributed by atoms with E-state index in [1.165, 1.54) is 24.5 Å². The molecule has 1 aromatic heterocycles. The molecule has 0 radical (unpaired) electrons. The number of nitrogens with one attached hydrogen (secondary N) is 2. The first-order chi connectivity index (χ1) is 9.97. The molecule has 0 bridgehead atoms. The standard InChI is InChI=1S/C13H11FN4O2S/c1-16-12-4-5-17-8-13(12)21(19,20)18-11-3-2-10(14)6-9(11)7-15/h2-6,8,18H,1H3,(H,16,17). The summed E-state index contributed by atoms with van der Waals surface area (Å²) >= 11 is 0. The number of halogens is 1. The summed E-state index contributed by atoms with van der Waals surface area (Å²) < 4.78 is 40.0. The molecule has 8 heteroatoms. The maximum absolute atomic E-state index is 13.1. The second kappa shape index (κ2) is 5.76. The van der Waals surface area contributed by atoms with Gasteiger partial charge in [0.25, 0.3) is 10.0 Å². The van der Waals surface area contributed by atoms with E-state index in [1.807, 2.05) is 0 Å². The molecule has 0 fully saturated rings. The summed E-state index contributed by atoms with van der Waals surface area (Å²) in [7, 11) is -2.37. The predicted octanol–water partition coefficient (Wildman–Crippen LogP) is 1.93. The number of rotatable bonds is 4. The normalized spacial score (nSPS) is 10.7. The highest BCUT2D eigenvalue weighted by atomic mass is 32.2. The van der Waals surface area contributed by atoms with E-state index in [2.05, 4.69) is 15.0 Å². The van der Waals surface area contributed by atoms with Crippen LogP contribution in [0.15, 0.2) is 41.6 Å². The van der Waals surface area contributed by atoms with Gasteiger partial charge in [-0.2, -0.15) is 5.26 Å². The second-order valence-corrected chi connectivity index (χ2v) is 5.68. The molecule has 0 aliphatic heterocycles. The summed E-state index contributed by atoms with van der Waals surface area (Å²) in [6, 6.07) is 6.47. The fraction of sp³-hybridized carbons (Fsp3) is 0.0769. The highest BCUT2D eigenvalue weighted by Crippen LogP contribution is 2.24. The number of sulfonamides is 1. The first kappa shape index (κ1) is 14.7. The summed E-state index contributed by atoms with van der Waals surface area (Å²) in [6.45, 7) is 0. The molecule has 1 aromatic carbocycles. The van der Waals surface area contributed by atoms with Gasteiger partial charge < -0.3 is 5.32 Å². The summed E-state index contributed by atoms with van der Waals surface area (Å²) in [6.07, 6.45) is 2.63. The zero-order chi connectivity index (χ0) is 15.5. The fourth-order valence-corrected chi connectivity index (χ4v) is 2.94. The number of nitrogens with zero attached hydrogens (tertiary/aromatic N) is 2. The molecule has 1 heterocycles. The minimum Gasteiger partial charge on any atom is -0.387 e. The third-order valence-electron chi connectivity index (χ3n) is 2.69. The lowest BCUT2D eigenvalue weighted by Crippen LogP contribution is -2.16. The molecule has 0 saturated carbocycles. The third kappa shape index (κ3) is 3.09. The minimum atomic E-state index is -3.95. The van der Waals surface area contributed by atoms with Gasteiger partial charge in [-0.05, 0) is 24.3 Å². The topological polar surface area (TPSA) is 94.9 Å². The molecule has 0 amide bonds. The van der Waals surface area contributed by atoms with E-state index < -0.39 is 15.8 Å². The summed E-state index contributed by atoms with van der Waals surface area (Å²) in [5.41, 5.74) is 0.261. The molecular formula is C13H11FN4O2S. The largest absolute Gasteiger partial charge is 0.387 e. The molecule has 21 heavy (non-hydrogen) atoms. The minimum absolute atomic E-state index is 0.00445. The Hall–Kier alpha value is -2.66. The molecule has 0 aliphatic carbocycles. The van der Waals surface area contributed by atoms with Crippen LogP contribution in [0.3, 0.4) is 0 Å². The Bertz CT molecular complexity index is 815. The van der Waals surface area contributed by atoms with Crippen molar-refractivity contribution < 1.29 is 12.8 Å². The van der Waals surface area contributed by atoms with Crippen LogP contribution in [0.4, 0.5) is 15.8 Å². The van der Waals surface area contributed by atoms with E-state index in [4.69, 9.17) is 5.26 Å². The number of benzene rings is 1. The van der Waals surface area contributed by atoms with Gasteiger partial charge in [-0.3, -0.25) is 9.71 Å². The Labute approximate surface area is 121 Å². The lowest BCUT2D eigenvalue weighted by Gasteiger charge is -2.12. The van der Waals surface area contributed by atoms with Crippen LogP contribution in [0.2, 0.25) is 0 Å². The van der Waals surface area contributed by atoms with Crippen LogP contribution in [0.25, 0.3) is 0 Å². The van der Waals surface area contributed by atoms with E-state index in [9.17, 15) is 12.8 Å². The average Bonchev–Trinajstić information content (AvgIpc) is 2.48. The maximum Gasteiger partial charge on any atom is 0.265 e. The molecule has 2 rings (SSSR count). The van der Waals surface area contributed by atoms with Crippen molar-refractivity contribution in [3.63, 3.8) is 0 Å². The molecule has 0 aliphatic rings. The van der Waals surface area contributed by atoms with Crippen LogP contribution >= 0.6 is 0 Å². The van der Waals surface area contributed by atoms with Crippen molar-refractivity contribution in [2.45, 2.75) is 4.90 Å². The Morgan fingerprint density at radius 3 is 2.71 bits per heavy atom. The molecule has 0 spiro atoms. The second-order valence-electron chi connectivity index (χ2n) is 4.03. The molecule has 6 nitrogen and oxygen atoms in total. The Balaban J connectivity index is 2.46. The molecular weight excluding hydrogens is 295 g/mol. The SMILES string of the molecule is CNc1ccncc1S(=O)(=O)Nc1ccc(F)cc1C#N. The van der Waals surface area contributed by atoms with Gasteiger partial charge in [0.2, 0.25) is 0 Å². The highest BCUT2D eigenvalue weighted by Gasteiger charge is 2.20. The van der Waals surface area contributed by atoms with Gasteiger partial charge >= 0.3 is 0 Å². The fourth-order valence-electron chi connectivity index (χ4n) is 1.70. The number of aromatic nitrogens is 1. The highest BCUT2D eigenvalue weighted by molar-refractivity contribution is 7.92. The van der Waals surface area contributed by atoms with E-state index in [0.29, 0.717) is 5.69 Å². The Morgan fingerprint density at radius 1 is 1.29 bits per heavy atom. The number of anilines is 2. The first-order valence-electron chi connectivity index (χ1n) is 5.82. The van der Waals surface area contributed by atoms with Gasteiger partial charge in [-0.25, -0.2) is 12.8 Å². The molecule has 0 saturated heterocycles. The molecule has 108 valence electrons. The van der Waals surface area contributed by atoms with Gasteiger partial charge in [0, 0.05) is 19.4 Å². The van der Waals surface area contributed by atoms with E-state index in [0.717, 1.165) is 12.1 Å². The molecule has 0 unspecified atom stereocenters. The van der Waals surface area contributed by atoms with Crippen molar-refractivity contribution in [1.82, 2.24) is 4.98 Å². The monoisotopic (exact) mass is 306 g/mol. The van der Waals surface area contributed by atoms with Crippen LogP contribution < -0.4 is 10.0 Å². The quantitative estimate of drug-likeness (QED) is 0.900. The van der Waals surface area contributed by atoms with Crippen LogP contribution in [0.5, 0.6) is 0 Å². The Morgan fingerprint density at radius 2 is 2.05 bits per heavy atom.